The SMILES string of the molecule is Cc1nn(-c2ccc(S(=O)(=O)[O-])cc2)c(O)c1N=Nc1ccc(S(=O)(=O)[O-])cc1C(=O)[O-].[Na+].[Na+].[Na+]. The number of carbonyl (C=O) groups is 1. The summed E-state index contributed by atoms with van der Waals surface area (Å²) in [4.78, 5) is 10.0. The first-order valence-electron chi connectivity index (χ1n) is 8.37. The number of benzene rings is 2. The molecule has 0 saturated heterocycles. The van der Waals surface area contributed by atoms with E-state index in [1.165, 1.54) is 19.1 Å². The molecule has 2 aromatic carbocycles. The first-order valence-corrected chi connectivity index (χ1v) is 11.2. The molecule has 35 heavy (non-hydrogen) atoms. The Morgan fingerprint density at radius 3 is 1.91 bits per heavy atom. The van der Waals surface area contributed by atoms with E-state index in [0.29, 0.717) is 6.07 Å². The van der Waals surface area contributed by atoms with Gasteiger partial charge >= 0.3 is 88.7 Å². The van der Waals surface area contributed by atoms with Crippen LogP contribution in [0.5, 0.6) is 5.88 Å². The molecule has 0 aliphatic heterocycles. The Balaban J connectivity index is 0.00000385. The minimum absolute atomic E-state index is 0. The summed E-state index contributed by atoms with van der Waals surface area (Å²) in [7, 11) is -9.58. The van der Waals surface area contributed by atoms with E-state index >= 15 is 0 Å². The fraction of sp³-hybridized carbons (Fsp3) is 0.0588. The third-order valence-electron chi connectivity index (χ3n) is 4.11. The van der Waals surface area contributed by atoms with Crippen LogP contribution in [0.2, 0.25) is 0 Å². The van der Waals surface area contributed by atoms with Crippen molar-refractivity contribution in [3.05, 3.63) is 53.7 Å². The molecular formula is C17H11N4Na3O9S2. The van der Waals surface area contributed by atoms with Crippen LogP contribution >= 0.6 is 0 Å². The van der Waals surface area contributed by atoms with Gasteiger partial charge in [0.25, 0.3) is 0 Å². The maximum Gasteiger partial charge on any atom is 1.00 e. The van der Waals surface area contributed by atoms with Crippen molar-refractivity contribution in [2.24, 2.45) is 10.2 Å². The summed E-state index contributed by atoms with van der Waals surface area (Å²) in [6.45, 7) is 1.44. The molecule has 0 aliphatic carbocycles. The summed E-state index contributed by atoms with van der Waals surface area (Å²) in [6.07, 6.45) is 0. The van der Waals surface area contributed by atoms with Crippen LogP contribution in [-0.2, 0) is 20.2 Å². The maximum absolute atomic E-state index is 11.3. The summed E-state index contributed by atoms with van der Waals surface area (Å²) in [5.74, 6) is -2.35. The van der Waals surface area contributed by atoms with Crippen LogP contribution in [0.3, 0.4) is 0 Å². The number of carboxylic acids is 1. The van der Waals surface area contributed by atoms with Gasteiger partial charge in [0.05, 0.1) is 32.8 Å². The van der Waals surface area contributed by atoms with Crippen molar-refractivity contribution in [1.82, 2.24) is 9.78 Å². The fourth-order valence-electron chi connectivity index (χ4n) is 2.58. The number of nitrogens with zero attached hydrogens (tertiary/aromatic N) is 4. The van der Waals surface area contributed by atoms with Gasteiger partial charge in [-0.25, -0.2) is 16.8 Å². The largest absolute Gasteiger partial charge is 1.00 e. The molecule has 0 spiro atoms. The molecule has 13 nitrogen and oxygen atoms in total. The Labute approximate surface area is 266 Å². The second-order valence-electron chi connectivity index (χ2n) is 6.24. The van der Waals surface area contributed by atoms with E-state index in [9.17, 15) is 40.9 Å². The van der Waals surface area contributed by atoms with Crippen molar-refractivity contribution in [2.75, 3.05) is 0 Å². The Hall–Kier alpha value is -0.660. The van der Waals surface area contributed by atoms with Crippen molar-refractivity contribution in [3.8, 4) is 11.6 Å². The van der Waals surface area contributed by atoms with E-state index in [4.69, 9.17) is 0 Å². The number of rotatable bonds is 6. The predicted molar refractivity (Wildman–Crippen MR) is 101 cm³/mol. The standard InChI is InChI=1S/C17H14N4O9S2.3Na/c1-9-15(16(22)21(20-9)10-2-4-11(5-3-10)31(25,26)27)19-18-14-7-6-12(32(28,29)30)8-13(14)17(23)24;;;/h2-8,22H,1H3,(H,23,24)(H,25,26,27)(H,28,29,30);;;/q;3*+1/p-3. The normalized spacial score (nSPS) is 11.3. The zero-order valence-electron chi connectivity index (χ0n) is 18.9. The van der Waals surface area contributed by atoms with E-state index in [0.717, 1.165) is 28.9 Å². The van der Waals surface area contributed by atoms with Crippen LogP contribution in [-0.4, -0.2) is 46.8 Å². The molecule has 1 aromatic heterocycles. The molecule has 0 amide bonds. The number of aryl methyl sites for hydroxylation is 1. The molecule has 3 aromatic rings. The molecule has 0 unspecified atom stereocenters. The number of aromatic nitrogens is 2. The van der Waals surface area contributed by atoms with Gasteiger partial charge in [0.2, 0.25) is 5.88 Å². The molecule has 3 rings (SSSR count). The number of carboxylic acid groups (broad SMARTS) is 1. The zero-order valence-corrected chi connectivity index (χ0v) is 26.5. The van der Waals surface area contributed by atoms with Crippen LogP contribution in [0.15, 0.2) is 62.5 Å². The van der Waals surface area contributed by atoms with Crippen molar-refractivity contribution in [1.29, 1.82) is 0 Å². The summed E-state index contributed by atoms with van der Waals surface area (Å²) < 4.78 is 67.3. The van der Waals surface area contributed by atoms with E-state index in [-0.39, 0.29) is 111 Å². The Morgan fingerprint density at radius 2 is 1.43 bits per heavy atom. The quantitative estimate of drug-likeness (QED) is 0.174. The van der Waals surface area contributed by atoms with Gasteiger partial charge in [-0.15, -0.1) is 10.2 Å². The van der Waals surface area contributed by atoms with Crippen LogP contribution in [0, 0.1) is 6.92 Å². The van der Waals surface area contributed by atoms with E-state index < -0.39 is 47.4 Å². The third kappa shape index (κ3) is 8.16. The molecular weight excluding hydrogens is 537 g/mol. The first kappa shape index (κ1) is 34.3. The van der Waals surface area contributed by atoms with Gasteiger partial charge < -0.3 is 24.1 Å². The monoisotopic (exact) mass is 548 g/mol. The topological polar surface area (TPSA) is 217 Å². The maximum atomic E-state index is 11.3. The second-order valence-corrected chi connectivity index (χ2v) is 9.00. The second kappa shape index (κ2) is 13.2. The van der Waals surface area contributed by atoms with Gasteiger partial charge in [0.15, 0.2) is 5.69 Å². The molecule has 1 heterocycles. The van der Waals surface area contributed by atoms with Crippen LogP contribution < -0.4 is 93.8 Å². The smallest absolute Gasteiger partial charge is 0.744 e. The number of aromatic carboxylic acids is 1. The Kier molecular flexibility index (Phi) is 13.0. The van der Waals surface area contributed by atoms with Gasteiger partial charge in [-0.1, -0.05) is 0 Å². The third-order valence-corrected chi connectivity index (χ3v) is 5.79. The number of hydrogen-bond acceptors (Lipinski definition) is 12. The summed E-state index contributed by atoms with van der Waals surface area (Å²) in [5.41, 5.74) is -0.936. The molecule has 0 radical (unpaired) electrons. The summed E-state index contributed by atoms with van der Waals surface area (Å²) >= 11 is 0. The number of azo groups is 1. The molecule has 18 heteroatoms. The predicted octanol–water partition coefficient (Wildman–Crippen LogP) is -8.51. The van der Waals surface area contributed by atoms with E-state index in [1.54, 1.807) is 0 Å². The van der Waals surface area contributed by atoms with Crippen LogP contribution in [0.1, 0.15) is 16.1 Å². The number of carbonyl (C=O) groups excluding carboxylic acids is 1. The molecule has 168 valence electrons. The summed E-state index contributed by atoms with van der Waals surface area (Å²) in [6, 6.07) is 6.82. The Morgan fingerprint density at radius 1 is 0.914 bits per heavy atom. The van der Waals surface area contributed by atoms with Crippen molar-refractivity contribution in [2.45, 2.75) is 16.7 Å². The molecule has 0 fully saturated rings. The van der Waals surface area contributed by atoms with Crippen LogP contribution in [0.25, 0.3) is 5.69 Å². The summed E-state index contributed by atoms with van der Waals surface area (Å²) in [5, 5.41) is 33.1. The van der Waals surface area contributed by atoms with Gasteiger partial charge in [-0.3, -0.25) is 0 Å². The van der Waals surface area contributed by atoms with E-state index in [1.807, 2.05) is 0 Å². The number of aromatic hydroxyl groups is 1. The molecule has 0 bridgehead atoms. The fourth-order valence-corrected chi connectivity index (χ4v) is 3.55. The zero-order chi connectivity index (χ0) is 23.8. The molecule has 0 aliphatic rings. The van der Waals surface area contributed by atoms with Gasteiger partial charge in [-0.05, 0) is 49.4 Å². The molecule has 1 N–H and O–H groups in total. The van der Waals surface area contributed by atoms with Gasteiger partial charge in [0.1, 0.15) is 20.2 Å². The molecule has 0 saturated carbocycles. The van der Waals surface area contributed by atoms with Crippen molar-refractivity contribution < 1.29 is 130 Å². The minimum atomic E-state index is -4.92. The van der Waals surface area contributed by atoms with Gasteiger partial charge in [-0.2, -0.15) is 9.78 Å². The Bertz CT molecular complexity index is 1470. The first-order chi connectivity index (χ1) is 14.8. The minimum Gasteiger partial charge on any atom is -0.744 e. The van der Waals surface area contributed by atoms with Crippen molar-refractivity contribution >= 4 is 37.6 Å². The van der Waals surface area contributed by atoms with E-state index in [2.05, 4.69) is 15.3 Å². The van der Waals surface area contributed by atoms with Crippen molar-refractivity contribution in [3.63, 3.8) is 0 Å². The number of hydrogen-bond donors (Lipinski definition) is 1. The average molecular weight is 548 g/mol. The van der Waals surface area contributed by atoms with Gasteiger partial charge in [0, 0.05) is 5.56 Å². The molecule has 0 atom stereocenters. The average Bonchev–Trinajstić information content (AvgIpc) is 2.98. The van der Waals surface area contributed by atoms with Crippen LogP contribution in [0.4, 0.5) is 11.4 Å².